The quantitative estimate of drug-likeness (QED) is 0.334. The molecule has 156 valence electrons. The number of nitro benzene ring substituents is 1. The molecule has 0 radical (unpaired) electrons. The van der Waals surface area contributed by atoms with Gasteiger partial charge in [0.05, 0.1) is 16.6 Å². The van der Waals surface area contributed by atoms with Crippen molar-refractivity contribution in [3.8, 4) is 11.5 Å². The Morgan fingerprint density at radius 3 is 2.40 bits per heavy atom. The lowest BCUT2D eigenvalue weighted by molar-refractivity contribution is -0.385. The number of esters is 1. The predicted octanol–water partition coefficient (Wildman–Crippen LogP) is 3.44. The third-order valence-corrected chi connectivity index (χ3v) is 4.40. The lowest BCUT2D eigenvalue weighted by Crippen LogP contribution is -2.21. The minimum Gasteiger partial charge on any atom is -0.454 e. The van der Waals surface area contributed by atoms with Gasteiger partial charge in [-0.05, 0) is 44.0 Å². The summed E-state index contributed by atoms with van der Waals surface area (Å²) in [6, 6.07) is 6.51. The molecule has 30 heavy (non-hydrogen) atoms. The highest BCUT2D eigenvalue weighted by molar-refractivity contribution is 5.96. The third kappa shape index (κ3) is 4.75. The molecule has 1 aliphatic heterocycles. The number of benzene rings is 2. The Hall–Kier alpha value is -3.88. The van der Waals surface area contributed by atoms with E-state index in [9.17, 15) is 19.7 Å². The summed E-state index contributed by atoms with van der Waals surface area (Å²) in [5, 5.41) is 14.0. The van der Waals surface area contributed by atoms with E-state index in [1.165, 1.54) is 18.2 Å². The minimum atomic E-state index is -0.811. The zero-order valence-corrected chi connectivity index (χ0v) is 16.7. The van der Waals surface area contributed by atoms with Crippen molar-refractivity contribution >= 4 is 29.3 Å². The average Bonchev–Trinajstić information content (AvgIpc) is 3.14. The van der Waals surface area contributed by atoms with Gasteiger partial charge in [0.2, 0.25) is 6.79 Å². The van der Waals surface area contributed by atoms with E-state index >= 15 is 0 Å². The van der Waals surface area contributed by atoms with Crippen molar-refractivity contribution in [2.75, 3.05) is 18.7 Å². The van der Waals surface area contributed by atoms with E-state index in [1.54, 1.807) is 0 Å². The second-order valence-electron chi connectivity index (χ2n) is 6.78. The molecule has 2 aromatic rings. The first-order chi connectivity index (χ1) is 14.2. The van der Waals surface area contributed by atoms with Gasteiger partial charge < -0.3 is 19.5 Å². The number of fused-ring (bicyclic) bond motifs is 1. The van der Waals surface area contributed by atoms with Gasteiger partial charge in [0.15, 0.2) is 18.1 Å². The first-order valence-electron chi connectivity index (χ1n) is 9.05. The number of nitrogens with zero attached hydrogens (tertiary/aromatic N) is 1. The average molecular weight is 412 g/mol. The van der Waals surface area contributed by atoms with Crippen molar-refractivity contribution in [3.63, 3.8) is 0 Å². The molecule has 0 saturated carbocycles. The van der Waals surface area contributed by atoms with E-state index in [4.69, 9.17) is 14.2 Å². The molecule has 1 heterocycles. The summed E-state index contributed by atoms with van der Waals surface area (Å²) >= 11 is 0. The van der Waals surface area contributed by atoms with Crippen LogP contribution in [0.4, 0.5) is 11.4 Å². The number of hydrogen-bond donors (Lipinski definition) is 1. The Morgan fingerprint density at radius 2 is 1.77 bits per heavy atom. The molecule has 0 spiro atoms. The standard InChI is InChI=1S/C21H20N2O7/c1-12-6-13(2)21(14(3)7-12)22-19(24)10-28-20(25)5-4-15-8-17-18(30-11-29-17)9-16(15)23(26)27/h4-9H,10-11H2,1-3H3,(H,22,24)/b5-4+. The fraction of sp³-hybridized carbons (Fsp3) is 0.238. The number of hydrogen-bond acceptors (Lipinski definition) is 7. The summed E-state index contributed by atoms with van der Waals surface area (Å²) in [5.41, 5.74) is 3.47. The van der Waals surface area contributed by atoms with Gasteiger partial charge in [-0.25, -0.2) is 4.79 Å². The molecule has 1 N–H and O–H groups in total. The first-order valence-corrected chi connectivity index (χ1v) is 9.05. The maximum atomic E-state index is 12.1. The van der Waals surface area contributed by atoms with E-state index in [-0.39, 0.29) is 23.8 Å². The van der Waals surface area contributed by atoms with Crippen LogP contribution in [0.25, 0.3) is 6.08 Å². The van der Waals surface area contributed by atoms with Gasteiger partial charge in [-0.3, -0.25) is 14.9 Å². The molecule has 1 aliphatic rings. The summed E-state index contributed by atoms with van der Waals surface area (Å²) in [7, 11) is 0. The van der Waals surface area contributed by atoms with Crippen LogP contribution in [0.2, 0.25) is 0 Å². The van der Waals surface area contributed by atoms with Crippen LogP contribution < -0.4 is 14.8 Å². The van der Waals surface area contributed by atoms with Crippen molar-refractivity contribution in [2.45, 2.75) is 20.8 Å². The zero-order chi connectivity index (χ0) is 21.8. The number of amides is 1. The van der Waals surface area contributed by atoms with Crippen molar-refractivity contribution in [1.82, 2.24) is 0 Å². The van der Waals surface area contributed by atoms with Crippen LogP contribution in [-0.4, -0.2) is 30.2 Å². The number of rotatable bonds is 6. The van der Waals surface area contributed by atoms with Crippen LogP contribution in [0.15, 0.2) is 30.3 Å². The molecule has 9 heteroatoms. The number of aryl methyl sites for hydroxylation is 3. The van der Waals surface area contributed by atoms with Crippen molar-refractivity contribution in [2.24, 2.45) is 0 Å². The van der Waals surface area contributed by atoms with Crippen molar-refractivity contribution in [3.05, 3.63) is 62.7 Å². The van der Waals surface area contributed by atoms with Crippen LogP contribution >= 0.6 is 0 Å². The Balaban J connectivity index is 1.62. The largest absolute Gasteiger partial charge is 0.454 e. The molecule has 9 nitrogen and oxygen atoms in total. The van der Waals surface area contributed by atoms with Gasteiger partial charge in [-0.2, -0.15) is 0 Å². The SMILES string of the molecule is Cc1cc(C)c(NC(=O)COC(=O)/C=C/c2cc3c(cc2[N+](=O)[O-])OCO3)c(C)c1. The molecule has 0 aliphatic carbocycles. The second kappa shape index (κ2) is 8.64. The van der Waals surface area contributed by atoms with Crippen LogP contribution in [0.1, 0.15) is 22.3 Å². The van der Waals surface area contributed by atoms with E-state index in [1.807, 2.05) is 32.9 Å². The molecule has 0 aromatic heterocycles. The smallest absolute Gasteiger partial charge is 0.331 e. The fourth-order valence-corrected chi connectivity index (χ4v) is 3.13. The second-order valence-corrected chi connectivity index (χ2v) is 6.78. The molecule has 1 amide bonds. The predicted molar refractivity (Wildman–Crippen MR) is 108 cm³/mol. The minimum absolute atomic E-state index is 0.0310. The van der Waals surface area contributed by atoms with Crippen molar-refractivity contribution in [1.29, 1.82) is 0 Å². The Bertz CT molecular complexity index is 1040. The number of nitrogens with one attached hydrogen (secondary N) is 1. The molecule has 0 fully saturated rings. The van der Waals surface area contributed by atoms with Gasteiger partial charge >= 0.3 is 5.97 Å². The third-order valence-electron chi connectivity index (χ3n) is 4.40. The van der Waals surface area contributed by atoms with Gasteiger partial charge in [0.25, 0.3) is 11.6 Å². The van der Waals surface area contributed by atoms with E-state index < -0.39 is 23.4 Å². The van der Waals surface area contributed by atoms with Crippen LogP contribution in [0, 0.1) is 30.9 Å². The van der Waals surface area contributed by atoms with E-state index in [0.29, 0.717) is 11.4 Å². The number of ether oxygens (including phenoxy) is 3. The molecule has 0 unspecified atom stereocenters. The Morgan fingerprint density at radius 1 is 1.13 bits per heavy atom. The molecule has 0 bridgehead atoms. The molecule has 0 saturated heterocycles. The highest BCUT2D eigenvalue weighted by Gasteiger charge is 2.22. The lowest BCUT2D eigenvalue weighted by Gasteiger charge is -2.12. The highest BCUT2D eigenvalue weighted by atomic mass is 16.7. The zero-order valence-electron chi connectivity index (χ0n) is 16.7. The Kier molecular flexibility index (Phi) is 6.01. The maximum absolute atomic E-state index is 12.1. The topological polar surface area (TPSA) is 117 Å². The lowest BCUT2D eigenvalue weighted by atomic mass is 10.1. The number of nitro groups is 1. The highest BCUT2D eigenvalue weighted by Crippen LogP contribution is 2.38. The fourth-order valence-electron chi connectivity index (χ4n) is 3.13. The summed E-state index contributed by atoms with van der Waals surface area (Å²) in [5.74, 6) is -0.688. The molecule has 0 atom stereocenters. The Labute approximate surface area is 172 Å². The molecule has 3 rings (SSSR count). The molecular weight excluding hydrogens is 392 g/mol. The van der Waals surface area contributed by atoms with Gasteiger partial charge in [0, 0.05) is 11.8 Å². The number of carbonyl (C=O) groups is 2. The van der Waals surface area contributed by atoms with Crippen LogP contribution in [-0.2, 0) is 14.3 Å². The van der Waals surface area contributed by atoms with Gasteiger partial charge in [0.1, 0.15) is 0 Å². The van der Waals surface area contributed by atoms with Gasteiger partial charge in [-0.15, -0.1) is 0 Å². The van der Waals surface area contributed by atoms with Gasteiger partial charge in [-0.1, -0.05) is 17.7 Å². The van der Waals surface area contributed by atoms with E-state index in [0.717, 1.165) is 22.8 Å². The van der Waals surface area contributed by atoms with E-state index in [2.05, 4.69) is 5.32 Å². The summed E-state index contributed by atoms with van der Waals surface area (Å²) < 4.78 is 15.2. The number of carbonyl (C=O) groups excluding carboxylic acids is 2. The summed E-state index contributed by atoms with van der Waals surface area (Å²) in [6.45, 7) is 5.20. The monoisotopic (exact) mass is 412 g/mol. The summed E-state index contributed by atoms with van der Waals surface area (Å²) in [6.07, 6.45) is 2.24. The number of anilines is 1. The summed E-state index contributed by atoms with van der Waals surface area (Å²) in [4.78, 5) is 34.7. The normalized spacial score (nSPS) is 12.1. The molecule has 2 aromatic carbocycles. The van der Waals surface area contributed by atoms with Crippen LogP contribution in [0.3, 0.4) is 0 Å². The molecular formula is C21H20N2O7. The van der Waals surface area contributed by atoms with Crippen molar-refractivity contribution < 1.29 is 28.7 Å². The first kappa shape index (κ1) is 20.8. The maximum Gasteiger partial charge on any atom is 0.331 e. The van der Waals surface area contributed by atoms with Crippen LogP contribution in [0.5, 0.6) is 11.5 Å².